The van der Waals surface area contributed by atoms with Gasteiger partial charge in [-0.25, -0.2) is 15.0 Å². The molecule has 6 aromatic rings. The normalized spacial score (nSPS) is 11.4. The molecule has 260 valence electrons. The molecule has 5 aromatic carbocycles. The van der Waals surface area contributed by atoms with E-state index in [0.717, 1.165) is 33.4 Å². The Morgan fingerprint density at radius 1 is 0.510 bits per heavy atom. The van der Waals surface area contributed by atoms with Crippen molar-refractivity contribution in [1.82, 2.24) is 15.0 Å². The summed E-state index contributed by atoms with van der Waals surface area (Å²) in [6.07, 6.45) is 0.682. The molecule has 0 saturated carbocycles. The summed E-state index contributed by atoms with van der Waals surface area (Å²) >= 11 is 0. The molecule has 9 heteroatoms. The molecule has 1 heterocycles. The highest BCUT2D eigenvalue weighted by Crippen LogP contribution is 2.34. The van der Waals surface area contributed by atoms with E-state index in [1.54, 1.807) is 12.1 Å². The van der Waals surface area contributed by atoms with Gasteiger partial charge in [0.2, 0.25) is 0 Å². The second-order valence-electron chi connectivity index (χ2n) is 11.8. The lowest BCUT2D eigenvalue weighted by Crippen LogP contribution is -2.46. The standard InChI is InChI=1S/C42H43N3O5Si/c1-4-48-51(49-5-2,50-6-3)29-13-28-47-37-26-27-38(39(46)30-37)42-44-40(35-22-18-33(19-23-35)31-14-9-7-10-15-31)43-41(45-42)36-24-20-34(21-25-36)32-16-11-8-12-17-32/h7-12,14-27,30,46H,4-6,13,28-29H2,1-3H3. The number of ether oxygens (including phenoxy) is 1. The van der Waals surface area contributed by atoms with Crippen molar-refractivity contribution in [1.29, 1.82) is 0 Å². The van der Waals surface area contributed by atoms with Crippen molar-refractivity contribution in [2.24, 2.45) is 0 Å². The Labute approximate surface area is 301 Å². The number of nitrogens with zero attached hydrogens (tertiary/aromatic N) is 3. The first-order valence-electron chi connectivity index (χ1n) is 17.5. The van der Waals surface area contributed by atoms with Crippen LogP contribution in [0.5, 0.6) is 11.5 Å². The molecule has 8 nitrogen and oxygen atoms in total. The van der Waals surface area contributed by atoms with Gasteiger partial charge in [0, 0.05) is 43.1 Å². The summed E-state index contributed by atoms with van der Waals surface area (Å²) in [5.74, 6) is 1.92. The third-order valence-electron chi connectivity index (χ3n) is 8.33. The fourth-order valence-corrected chi connectivity index (χ4v) is 8.49. The van der Waals surface area contributed by atoms with Gasteiger partial charge >= 0.3 is 8.80 Å². The number of hydrogen-bond acceptors (Lipinski definition) is 8. The first kappa shape index (κ1) is 35.6. The smallest absolute Gasteiger partial charge is 0.501 e. The monoisotopic (exact) mass is 697 g/mol. The molecule has 0 amide bonds. The first-order valence-corrected chi connectivity index (χ1v) is 19.4. The number of rotatable bonds is 16. The van der Waals surface area contributed by atoms with E-state index in [1.165, 1.54) is 0 Å². The zero-order chi connectivity index (χ0) is 35.5. The zero-order valence-corrected chi connectivity index (χ0v) is 30.3. The summed E-state index contributed by atoms with van der Waals surface area (Å²) in [7, 11) is -2.76. The SMILES string of the molecule is CCO[Si](CCCOc1ccc(-c2nc(-c3ccc(-c4ccccc4)cc3)nc(-c3ccc(-c4ccccc4)cc3)n2)c(O)c1)(OCC)OCC. The van der Waals surface area contributed by atoms with Crippen LogP contribution in [-0.4, -0.2) is 55.3 Å². The molecule has 0 atom stereocenters. The summed E-state index contributed by atoms with van der Waals surface area (Å²) in [6.45, 7) is 7.84. The molecule has 0 spiro atoms. The van der Waals surface area contributed by atoms with Gasteiger partial charge in [-0.15, -0.1) is 0 Å². The first-order chi connectivity index (χ1) is 25.0. The van der Waals surface area contributed by atoms with E-state index in [-0.39, 0.29) is 5.75 Å². The Kier molecular flexibility index (Phi) is 12.0. The topological polar surface area (TPSA) is 95.8 Å². The third kappa shape index (κ3) is 8.94. The highest BCUT2D eigenvalue weighted by atomic mass is 28.4. The van der Waals surface area contributed by atoms with E-state index < -0.39 is 8.80 Å². The van der Waals surface area contributed by atoms with Gasteiger partial charge in [-0.3, -0.25) is 0 Å². The molecule has 0 bridgehead atoms. The molecule has 0 aliphatic heterocycles. The second kappa shape index (κ2) is 17.2. The predicted octanol–water partition coefficient (Wildman–Crippen LogP) is 9.73. The quantitative estimate of drug-likeness (QED) is 0.0789. The minimum atomic E-state index is -2.76. The van der Waals surface area contributed by atoms with Crippen LogP contribution in [0.25, 0.3) is 56.4 Å². The van der Waals surface area contributed by atoms with Crippen molar-refractivity contribution in [2.45, 2.75) is 33.2 Å². The Morgan fingerprint density at radius 3 is 1.39 bits per heavy atom. The molecular formula is C42H43N3O5Si. The summed E-state index contributed by atoms with van der Waals surface area (Å²) in [5.41, 5.74) is 6.61. The lowest BCUT2D eigenvalue weighted by atomic mass is 10.0. The van der Waals surface area contributed by atoms with Crippen LogP contribution in [0.2, 0.25) is 6.04 Å². The van der Waals surface area contributed by atoms with Crippen LogP contribution in [-0.2, 0) is 13.3 Å². The third-order valence-corrected chi connectivity index (χ3v) is 11.5. The number of phenolic OH excluding ortho intramolecular Hbond substituents is 1. The Morgan fingerprint density at radius 2 is 0.941 bits per heavy atom. The van der Waals surface area contributed by atoms with Crippen molar-refractivity contribution in [3.05, 3.63) is 127 Å². The average Bonchev–Trinajstić information content (AvgIpc) is 3.17. The Balaban J connectivity index is 1.27. The van der Waals surface area contributed by atoms with E-state index in [2.05, 4.69) is 48.5 Å². The van der Waals surface area contributed by atoms with Gasteiger partial charge in [0.1, 0.15) is 11.5 Å². The molecule has 0 aliphatic carbocycles. The van der Waals surface area contributed by atoms with Crippen LogP contribution in [0.4, 0.5) is 0 Å². The molecule has 0 radical (unpaired) electrons. The molecule has 0 unspecified atom stereocenters. The van der Waals surface area contributed by atoms with E-state index in [4.69, 9.17) is 33.0 Å². The molecule has 1 aromatic heterocycles. The minimum Gasteiger partial charge on any atom is -0.507 e. The van der Waals surface area contributed by atoms with E-state index >= 15 is 0 Å². The van der Waals surface area contributed by atoms with E-state index in [0.29, 0.717) is 67.7 Å². The van der Waals surface area contributed by atoms with Crippen molar-refractivity contribution in [3.8, 4) is 67.9 Å². The summed E-state index contributed by atoms with van der Waals surface area (Å²) < 4.78 is 23.9. The van der Waals surface area contributed by atoms with Crippen molar-refractivity contribution in [3.63, 3.8) is 0 Å². The van der Waals surface area contributed by atoms with Crippen molar-refractivity contribution < 1.29 is 23.1 Å². The number of hydrogen-bond donors (Lipinski definition) is 1. The molecule has 0 fully saturated rings. The number of benzene rings is 5. The minimum absolute atomic E-state index is 0.0103. The fourth-order valence-electron chi connectivity index (χ4n) is 5.91. The van der Waals surface area contributed by atoms with E-state index in [9.17, 15) is 5.11 Å². The Hall–Kier alpha value is -5.19. The number of aromatic hydroxyl groups is 1. The largest absolute Gasteiger partial charge is 0.507 e. The molecule has 51 heavy (non-hydrogen) atoms. The highest BCUT2D eigenvalue weighted by molar-refractivity contribution is 6.60. The van der Waals surface area contributed by atoms with Crippen molar-refractivity contribution in [2.75, 3.05) is 26.4 Å². The van der Waals surface area contributed by atoms with Gasteiger partial charge < -0.3 is 23.1 Å². The molecule has 0 aliphatic rings. The van der Waals surface area contributed by atoms with Crippen LogP contribution in [0.15, 0.2) is 127 Å². The molecule has 0 saturated heterocycles. The Bertz CT molecular complexity index is 1870. The zero-order valence-electron chi connectivity index (χ0n) is 29.3. The maximum atomic E-state index is 11.3. The lowest BCUT2D eigenvalue weighted by Gasteiger charge is -2.28. The van der Waals surface area contributed by atoms with Gasteiger partial charge in [0.25, 0.3) is 0 Å². The average molecular weight is 698 g/mol. The molecule has 1 N–H and O–H groups in total. The summed E-state index contributed by atoms with van der Waals surface area (Å²) in [4.78, 5) is 14.6. The molecule has 6 rings (SSSR count). The van der Waals surface area contributed by atoms with Crippen molar-refractivity contribution >= 4 is 8.80 Å². The van der Waals surface area contributed by atoms with Crippen LogP contribution in [0.1, 0.15) is 27.2 Å². The number of aromatic nitrogens is 3. The summed E-state index contributed by atoms with van der Waals surface area (Å²) in [6, 6.07) is 42.6. The highest BCUT2D eigenvalue weighted by Gasteiger charge is 2.39. The van der Waals surface area contributed by atoms with Gasteiger partial charge in [0.05, 0.1) is 12.2 Å². The number of phenols is 1. The van der Waals surface area contributed by atoms with Crippen LogP contribution < -0.4 is 4.74 Å². The van der Waals surface area contributed by atoms with Crippen LogP contribution in [0, 0.1) is 0 Å². The molecular weight excluding hydrogens is 655 g/mol. The second-order valence-corrected chi connectivity index (χ2v) is 14.5. The lowest BCUT2D eigenvalue weighted by molar-refractivity contribution is 0.0696. The van der Waals surface area contributed by atoms with Gasteiger partial charge in [0.15, 0.2) is 17.5 Å². The van der Waals surface area contributed by atoms with Gasteiger partial charge in [-0.2, -0.15) is 0 Å². The van der Waals surface area contributed by atoms with Crippen LogP contribution in [0.3, 0.4) is 0 Å². The van der Waals surface area contributed by atoms with Gasteiger partial charge in [-0.05, 0) is 61.6 Å². The predicted molar refractivity (Wildman–Crippen MR) is 204 cm³/mol. The van der Waals surface area contributed by atoms with Gasteiger partial charge in [-0.1, -0.05) is 109 Å². The fraction of sp³-hybridized carbons (Fsp3) is 0.214. The maximum Gasteiger partial charge on any atom is 0.501 e. The maximum absolute atomic E-state index is 11.3. The van der Waals surface area contributed by atoms with Crippen LogP contribution >= 0.6 is 0 Å². The summed E-state index contributed by atoms with van der Waals surface area (Å²) in [5, 5.41) is 11.3. The van der Waals surface area contributed by atoms with E-state index in [1.807, 2.05) is 87.5 Å².